The molecule has 2 aliphatic heterocycles. The maximum absolute atomic E-state index is 12.5. The number of β-lactam (4-membered cyclic amide) rings is 1. The van der Waals surface area contributed by atoms with Crippen molar-refractivity contribution in [1.82, 2.24) is 20.2 Å². The van der Waals surface area contributed by atoms with E-state index in [4.69, 9.17) is 10.8 Å². The average molecular weight is 679 g/mol. The van der Waals surface area contributed by atoms with Crippen LogP contribution in [-0.4, -0.2) is 82.8 Å². The quantitative estimate of drug-likeness (QED) is 0.0962. The Morgan fingerprint density at radius 3 is 2.42 bits per heavy atom. The lowest BCUT2D eigenvalue weighted by Crippen LogP contribution is -3.00. The molecule has 2 fully saturated rings. The number of nitrogen functional groups attached to an aromatic ring is 1. The number of nitrogens with one attached hydrogen (secondary N) is 1. The van der Waals surface area contributed by atoms with E-state index in [1.165, 1.54) is 33.7 Å². The number of hydrogen-bond acceptors (Lipinski definition) is 10. The van der Waals surface area contributed by atoms with Gasteiger partial charge in [-0.25, -0.2) is 14.8 Å². The highest BCUT2D eigenvalue weighted by molar-refractivity contribution is 8.01. The van der Waals surface area contributed by atoms with Gasteiger partial charge in [0.25, 0.3) is 0 Å². The van der Waals surface area contributed by atoms with Crippen molar-refractivity contribution in [2.45, 2.75) is 68.8 Å². The molecular weight excluding hydrogens is 644 g/mol. The number of amides is 2. The van der Waals surface area contributed by atoms with Crippen LogP contribution in [0.4, 0.5) is 5.82 Å². The molecule has 2 amide bonds. The van der Waals surface area contributed by atoms with Crippen molar-refractivity contribution in [3.8, 4) is 0 Å². The summed E-state index contributed by atoms with van der Waals surface area (Å²) in [5.41, 5.74) is 10.3. The van der Waals surface area contributed by atoms with E-state index in [9.17, 15) is 29.4 Å². The third-order valence-corrected chi connectivity index (χ3v) is 10.2. The number of aliphatic hydroxyl groups excluding tert-OH is 1. The highest BCUT2D eigenvalue weighted by atomic mass is 35.5. The van der Waals surface area contributed by atoms with Gasteiger partial charge in [0.15, 0.2) is 18.2 Å². The third kappa shape index (κ3) is 7.54. The van der Waals surface area contributed by atoms with Gasteiger partial charge < -0.3 is 43.7 Å². The molecule has 5 rings (SSSR count). The number of fused-ring (bicyclic) bond motifs is 1. The van der Waals surface area contributed by atoms with E-state index in [0.29, 0.717) is 30.2 Å². The van der Waals surface area contributed by atoms with Gasteiger partial charge in [0.1, 0.15) is 29.1 Å². The van der Waals surface area contributed by atoms with Crippen LogP contribution in [0, 0.1) is 13.8 Å². The summed E-state index contributed by atoms with van der Waals surface area (Å²) in [4.78, 5) is 58.7. The number of aliphatic carboxylic acids is 2. The number of carbonyl (C=O) groups excluding carboxylic acids is 2. The third-order valence-electron chi connectivity index (χ3n) is 7.47. The summed E-state index contributed by atoms with van der Waals surface area (Å²) < 4.78 is 1.40. The molecule has 6 N–H and O–H groups in total. The Morgan fingerprint density at radius 2 is 1.84 bits per heavy atom. The number of carboxylic acids is 2. The monoisotopic (exact) mass is 678 g/mol. The van der Waals surface area contributed by atoms with Crippen LogP contribution < -0.4 is 28.0 Å². The summed E-state index contributed by atoms with van der Waals surface area (Å²) in [6.45, 7) is 8.17. The number of anilines is 1. The zero-order chi connectivity index (χ0) is 32.3. The Labute approximate surface area is 274 Å². The molecule has 0 radical (unpaired) electrons. The van der Waals surface area contributed by atoms with Crippen molar-refractivity contribution in [3.63, 3.8) is 0 Å². The molecule has 0 spiro atoms. The minimum absolute atomic E-state index is 0. The SMILES string of the molecule is CC1(C)S[C@@H]2[C@H](NC(=O)C(C(=O)O)c3ccccc3)C(=O)N2[C@H]1C(=O)O.Cc1ncc(C[n+]2csc(CCO)c2C)c(N)n1.[Cl-]. The number of carbonyl (C=O) groups is 4. The van der Waals surface area contributed by atoms with Crippen molar-refractivity contribution in [3.05, 3.63) is 69.6 Å². The summed E-state index contributed by atoms with van der Waals surface area (Å²) in [5.74, 6) is -3.94. The first-order chi connectivity index (χ1) is 20.8. The molecule has 0 bridgehead atoms. The molecule has 1 unspecified atom stereocenters. The van der Waals surface area contributed by atoms with Crippen LogP contribution in [0.2, 0.25) is 0 Å². The van der Waals surface area contributed by atoms with Crippen LogP contribution in [0.3, 0.4) is 0 Å². The Balaban J connectivity index is 0.000000256. The van der Waals surface area contributed by atoms with Gasteiger partial charge in [-0.3, -0.25) is 14.4 Å². The van der Waals surface area contributed by atoms with Gasteiger partial charge in [0.2, 0.25) is 17.3 Å². The number of aliphatic hydroxyl groups is 1. The van der Waals surface area contributed by atoms with Crippen LogP contribution in [0.15, 0.2) is 42.0 Å². The highest BCUT2D eigenvalue weighted by Crippen LogP contribution is 2.50. The second kappa shape index (κ2) is 14.5. The second-order valence-corrected chi connectivity index (χ2v) is 13.6. The number of aryl methyl sites for hydroxylation is 1. The minimum Gasteiger partial charge on any atom is -1.00 e. The zero-order valence-electron chi connectivity index (χ0n) is 25.0. The predicted octanol–water partition coefficient (Wildman–Crippen LogP) is -1.90. The van der Waals surface area contributed by atoms with Crippen molar-refractivity contribution in [2.24, 2.45) is 0 Å². The fraction of sp³-hybridized carbons (Fsp3) is 0.414. The normalized spacial score (nSPS) is 20.1. The summed E-state index contributed by atoms with van der Waals surface area (Å²) in [6.07, 6.45) is 2.47. The van der Waals surface area contributed by atoms with Gasteiger partial charge in [-0.05, 0) is 26.3 Å². The average Bonchev–Trinajstić information content (AvgIpc) is 3.43. The smallest absolute Gasteiger partial charge is 0.327 e. The zero-order valence-corrected chi connectivity index (χ0v) is 27.4. The Morgan fingerprint density at radius 1 is 1.18 bits per heavy atom. The van der Waals surface area contributed by atoms with E-state index < -0.39 is 51.9 Å². The first-order valence-corrected chi connectivity index (χ1v) is 15.5. The number of thiazole rings is 1. The molecule has 2 saturated heterocycles. The second-order valence-electron chi connectivity index (χ2n) is 10.9. The number of aromatic nitrogens is 3. The number of nitrogens with two attached hydrogens (primary N) is 1. The van der Waals surface area contributed by atoms with E-state index in [0.717, 1.165) is 11.3 Å². The summed E-state index contributed by atoms with van der Waals surface area (Å²) in [6, 6.07) is 6.10. The molecular formula is C29H35ClN6O7S2. The molecule has 1 aromatic carbocycles. The number of halogens is 1. The van der Waals surface area contributed by atoms with Crippen LogP contribution in [0.1, 0.15) is 47.3 Å². The predicted molar refractivity (Wildman–Crippen MR) is 163 cm³/mol. The fourth-order valence-electron chi connectivity index (χ4n) is 5.20. The molecule has 0 aliphatic carbocycles. The Kier molecular flexibility index (Phi) is 11.5. The van der Waals surface area contributed by atoms with E-state index in [1.54, 1.807) is 49.6 Å². The first kappa shape index (κ1) is 35.7. The largest absolute Gasteiger partial charge is 1.00 e. The maximum Gasteiger partial charge on any atom is 0.327 e. The molecule has 13 nitrogen and oxygen atoms in total. The van der Waals surface area contributed by atoms with E-state index >= 15 is 0 Å². The molecule has 2 aromatic heterocycles. The number of nitrogens with zero attached hydrogens (tertiary/aromatic N) is 4. The molecule has 16 heteroatoms. The maximum atomic E-state index is 12.5. The molecule has 4 heterocycles. The van der Waals surface area contributed by atoms with Gasteiger partial charge in [0, 0.05) is 30.9 Å². The number of thioether (sulfide) groups is 1. The topological polar surface area (TPSA) is 200 Å². The molecule has 242 valence electrons. The van der Waals surface area contributed by atoms with E-state index in [-0.39, 0.29) is 19.0 Å². The lowest BCUT2D eigenvalue weighted by atomic mass is 9.94. The Bertz CT molecular complexity index is 1570. The molecule has 0 saturated carbocycles. The number of carboxylic acid groups (broad SMARTS) is 2. The van der Waals surface area contributed by atoms with Crippen LogP contribution in [0.25, 0.3) is 0 Å². The number of hydrogen-bond donors (Lipinski definition) is 5. The minimum atomic E-state index is -1.44. The molecule has 2 aliphatic rings. The van der Waals surface area contributed by atoms with Crippen LogP contribution in [-0.2, 0) is 32.1 Å². The number of benzene rings is 1. The van der Waals surface area contributed by atoms with Gasteiger partial charge in [-0.1, -0.05) is 41.7 Å². The lowest BCUT2D eigenvalue weighted by Gasteiger charge is -2.43. The van der Waals surface area contributed by atoms with Crippen molar-refractivity contribution < 1.29 is 51.5 Å². The summed E-state index contributed by atoms with van der Waals surface area (Å²) in [5, 5.41) is 29.8. The molecule has 4 atom stereocenters. The van der Waals surface area contributed by atoms with Crippen molar-refractivity contribution in [2.75, 3.05) is 12.3 Å². The van der Waals surface area contributed by atoms with Gasteiger partial charge >= 0.3 is 11.9 Å². The summed E-state index contributed by atoms with van der Waals surface area (Å²) in [7, 11) is 0. The van der Waals surface area contributed by atoms with Gasteiger partial charge in [-0.2, -0.15) is 4.57 Å². The van der Waals surface area contributed by atoms with Crippen LogP contribution in [0.5, 0.6) is 0 Å². The van der Waals surface area contributed by atoms with Crippen LogP contribution >= 0.6 is 23.1 Å². The summed E-state index contributed by atoms with van der Waals surface area (Å²) >= 11 is 2.94. The Hall–Kier alpha value is -3.79. The van der Waals surface area contributed by atoms with Gasteiger partial charge in [-0.15, -0.1) is 11.8 Å². The fourth-order valence-corrected chi connectivity index (χ4v) is 7.81. The van der Waals surface area contributed by atoms with E-state index in [1.807, 2.05) is 19.4 Å². The van der Waals surface area contributed by atoms with Crippen molar-refractivity contribution >= 4 is 52.7 Å². The highest BCUT2D eigenvalue weighted by Gasteiger charge is 2.64. The number of rotatable bonds is 9. The van der Waals surface area contributed by atoms with E-state index in [2.05, 4.69) is 19.9 Å². The van der Waals surface area contributed by atoms with Gasteiger partial charge in [0.05, 0.1) is 10.4 Å². The van der Waals surface area contributed by atoms with Crippen molar-refractivity contribution in [1.29, 1.82) is 0 Å². The standard InChI is InChI=1S/C17H18N2O6S.C12H17N4OS.ClH/c1-17(2)11(16(24)25)19-13(21)10(14(19)26-17)18-12(20)9(15(22)23)8-6-4-3-5-7-8;1-8-11(3-4-17)18-7-16(8)6-10-5-14-9(2)15-12(10)13;/h3-7,9-11,14H,1-2H3,(H,18,20)(H,22,23)(H,24,25);5,7,17H,3-4,6H2,1-2H3,(H2,13,14,15);1H/q;+1;/p-1/t9?,10-,11+,14-;;/m1../s1. The molecule has 3 aromatic rings. The molecule has 45 heavy (non-hydrogen) atoms. The lowest BCUT2D eigenvalue weighted by molar-refractivity contribution is -0.689. The first-order valence-electron chi connectivity index (χ1n) is 13.7.